The Labute approximate surface area is 141 Å². The molecule has 0 atom stereocenters. The molecule has 2 nitrogen and oxygen atoms in total. The molecule has 0 spiro atoms. The summed E-state index contributed by atoms with van der Waals surface area (Å²) in [5.41, 5.74) is 3.87. The minimum absolute atomic E-state index is 0.703. The van der Waals surface area contributed by atoms with E-state index in [1.54, 1.807) is 7.11 Å². The van der Waals surface area contributed by atoms with Gasteiger partial charge in [-0.1, -0.05) is 41.9 Å². The SMILES string of the molecule is COc1ccc(C(=Nc2ccc(Cl)cc2)c2ccccc2)cc1. The summed E-state index contributed by atoms with van der Waals surface area (Å²) >= 11 is 5.95. The van der Waals surface area contributed by atoms with Gasteiger partial charge in [0.1, 0.15) is 5.75 Å². The van der Waals surface area contributed by atoms with Gasteiger partial charge in [-0.3, -0.25) is 0 Å². The highest BCUT2D eigenvalue weighted by atomic mass is 35.5. The Morgan fingerprint density at radius 1 is 0.783 bits per heavy atom. The second-order valence-corrected chi connectivity index (χ2v) is 5.47. The van der Waals surface area contributed by atoms with E-state index in [9.17, 15) is 0 Å². The number of nitrogens with zero attached hydrogens (tertiary/aromatic N) is 1. The van der Waals surface area contributed by atoms with Crippen molar-refractivity contribution >= 4 is 23.0 Å². The van der Waals surface area contributed by atoms with Crippen LogP contribution in [0.5, 0.6) is 5.75 Å². The molecule has 23 heavy (non-hydrogen) atoms. The van der Waals surface area contributed by atoms with Gasteiger partial charge in [0.2, 0.25) is 0 Å². The zero-order valence-corrected chi connectivity index (χ0v) is 13.5. The molecule has 0 radical (unpaired) electrons. The quantitative estimate of drug-likeness (QED) is 0.580. The molecule has 0 bridgehead atoms. The first-order chi connectivity index (χ1) is 11.3. The topological polar surface area (TPSA) is 21.6 Å². The smallest absolute Gasteiger partial charge is 0.118 e. The first-order valence-electron chi connectivity index (χ1n) is 7.30. The van der Waals surface area contributed by atoms with Gasteiger partial charge in [0, 0.05) is 16.1 Å². The van der Waals surface area contributed by atoms with Crippen molar-refractivity contribution in [2.75, 3.05) is 7.11 Å². The van der Waals surface area contributed by atoms with E-state index in [4.69, 9.17) is 21.3 Å². The molecule has 0 aliphatic rings. The van der Waals surface area contributed by atoms with Gasteiger partial charge in [-0.25, -0.2) is 4.99 Å². The van der Waals surface area contributed by atoms with E-state index in [2.05, 4.69) is 12.1 Å². The molecular weight excluding hydrogens is 306 g/mol. The molecule has 0 aliphatic heterocycles. The normalized spacial score (nSPS) is 11.3. The third-order valence-electron chi connectivity index (χ3n) is 3.48. The Balaban J connectivity index is 2.08. The zero-order valence-electron chi connectivity index (χ0n) is 12.7. The van der Waals surface area contributed by atoms with Crippen LogP contribution in [0.25, 0.3) is 0 Å². The molecule has 0 heterocycles. The molecule has 0 saturated heterocycles. The Morgan fingerprint density at radius 2 is 1.39 bits per heavy atom. The largest absolute Gasteiger partial charge is 0.497 e. The predicted molar refractivity (Wildman–Crippen MR) is 96.2 cm³/mol. The molecule has 3 heteroatoms. The van der Waals surface area contributed by atoms with Crippen LogP contribution in [0.3, 0.4) is 0 Å². The van der Waals surface area contributed by atoms with E-state index in [0.717, 1.165) is 28.3 Å². The van der Waals surface area contributed by atoms with Crippen LogP contribution in [0.2, 0.25) is 5.02 Å². The fourth-order valence-electron chi connectivity index (χ4n) is 2.29. The van der Waals surface area contributed by atoms with Crippen LogP contribution in [-0.4, -0.2) is 12.8 Å². The van der Waals surface area contributed by atoms with E-state index in [1.807, 2.05) is 66.7 Å². The van der Waals surface area contributed by atoms with Crippen molar-refractivity contribution in [3.8, 4) is 5.75 Å². The Bertz CT molecular complexity index is 793. The van der Waals surface area contributed by atoms with Gasteiger partial charge < -0.3 is 4.74 Å². The average molecular weight is 322 g/mol. The standard InChI is InChI=1S/C20H16ClNO/c1-23-19-13-7-16(8-14-19)20(15-5-3-2-4-6-15)22-18-11-9-17(21)10-12-18/h2-14H,1H3. The van der Waals surface area contributed by atoms with Crippen molar-refractivity contribution < 1.29 is 4.74 Å². The van der Waals surface area contributed by atoms with Crippen molar-refractivity contribution in [2.24, 2.45) is 4.99 Å². The fraction of sp³-hybridized carbons (Fsp3) is 0.0500. The van der Waals surface area contributed by atoms with Gasteiger partial charge in [0.05, 0.1) is 18.5 Å². The van der Waals surface area contributed by atoms with Crippen LogP contribution >= 0.6 is 11.6 Å². The first kappa shape index (κ1) is 15.3. The van der Waals surface area contributed by atoms with Gasteiger partial charge in [-0.2, -0.15) is 0 Å². The van der Waals surface area contributed by atoms with E-state index in [0.29, 0.717) is 5.02 Å². The number of ether oxygens (including phenoxy) is 1. The summed E-state index contributed by atoms with van der Waals surface area (Å²) in [4.78, 5) is 4.81. The molecule has 0 amide bonds. The number of hydrogen-bond donors (Lipinski definition) is 0. The average Bonchev–Trinajstić information content (AvgIpc) is 2.62. The maximum absolute atomic E-state index is 5.95. The van der Waals surface area contributed by atoms with Crippen molar-refractivity contribution in [1.82, 2.24) is 0 Å². The van der Waals surface area contributed by atoms with Crippen LogP contribution in [-0.2, 0) is 0 Å². The lowest BCUT2D eigenvalue weighted by molar-refractivity contribution is 0.415. The molecule has 0 N–H and O–H groups in total. The van der Waals surface area contributed by atoms with Gasteiger partial charge in [-0.15, -0.1) is 0 Å². The van der Waals surface area contributed by atoms with Crippen LogP contribution in [0, 0.1) is 0 Å². The molecule has 3 aromatic carbocycles. The van der Waals surface area contributed by atoms with Crippen molar-refractivity contribution in [2.45, 2.75) is 0 Å². The molecule has 0 aliphatic carbocycles. The molecule has 114 valence electrons. The second-order valence-electron chi connectivity index (χ2n) is 5.03. The minimum Gasteiger partial charge on any atom is -0.497 e. The lowest BCUT2D eigenvalue weighted by Gasteiger charge is -2.09. The van der Waals surface area contributed by atoms with Crippen LogP contribution in [0.15, 0.2) is 83.9 Å². The summed E-state index contributed by atoms with van der Waals surface area (Å²) in [6.45, 7) is 0. The number of methoxy groups -OCH3 is 1. The zero-order chi connectivity index (χ0) is 16.1. The van der Waals surface area contributed by atoms with E-state index < -0.39 is 0 Å². The third kappa shape index (κ3) is 3.79. The number of halogens is 1. The number of aliphatic imine (C=N–C) groups is 1. The van der Waals surface area contributed by atoms with Crippen molar-refractivity contribution in [1.29, 1.82) is 0 Å². The number of rotatable bonds is 4. The minimum atomic E-state index is 0.703. The monoisotopic (exact) mass is 321 g/mol. The summed E-state index contributed by atoms with van der Waals surface area (Å²) in [6.07, 6.45) is 0. The summed E-state index contributed by atoms with van der Waals surface area (Å²) < 4.78 is 5.23. The van der Waals surface area contributed by atoms with Gasteiger partial charge >= 0.3 is 0 Å². The fourth-order valence-corrected chi connectivity index (χ4v) is 2.41. The molecule has 0 fully saturated rings. The lowest BCUT2D eigenvalue weighted by atomic mass is 10.0. The lowest BCUT2D eigenvalue weighted by Crippen LogP contribution is -2.02. The highest BCUT2D eigenvalue weighted by Crippen LogP contribution is 2.21. The molecule has 3 aromatic rings. The second kappa shape index (κ2) is 7.12. The van der Waals surface area contributed by atoms with Crippen molar-refractivity contribution in [3.63, 3.8) is 0 Å². The Kier molecular flexibility index (Phi) is 4.74. The molecular formula is C20H16ClNO. The van der Waals surface area contributed by atoms with Crippen molar-refractivity contribution in [3.05, 3.63) is 95.0 Å². The summed E-state index contributed by atoms with van der Waals surface area (Å²) in [6, 6.07) is 25.5. The third-order valence-corrected chi connectivity index (χ3v) is 3.73. The van der Waals surface area contributed by atoms with Crippen LogP contribution in [0.4, 0.5) is 5.69 Å². The Morgan fingerprint density at radius 3 is 2.00 bits per heavy atom. The Hall–Kier alpha value is -2.58. The van der Waals surface area contributed by atoms with E-state index in [1.165, 1.54) is 0 Å². The van der Waals surface area contributed by atoms with E-state index >= 15 is 0 Å². The van der Waals surface area contributed by atoms with Gasteiger partial charge in [0.25, 0.3) is 0 Å². The van der Waals surface area contributed by atoms with Gasteiger partial charge in [-0.05, 0) is 48.5 Å². The molecule has 0 saturated carbocycles. The van der Waals surface area contributed by atoms with E-state index in [-0.39, 0.29) is 0 Å². The predicted octanol–water partition coefficient (Wildman–Crippen LogP) is 5.52. The summed E-state index contributed by atoms with van der Waals surface area (Å²) in [5.74, 6) is 0.827. The number of hydrogen-bond acceptors (Lipinski definition) is 2. The highest BCUT2D eigenvalue weighted by Gasteiger charge is 2.07. The maximum atomic E-state index is 5.95. The molecule has 3 rings (SSSR count). The van der Waals surface area contributed by atoms with Gasteiger partial charge in [0.15, 0.2) is 0 Å². The van der Waals surface area contributed by atoms with Crippen LogP contribution < -0.4 is 4.74 Å². The maximum Gasteiger partial charge on any atom is 0.118 e. The van der Waals surface area contributed by atoms with Crippen LogP contribution in [0.1, 0.15) is 11.1 Å². The number of benzene rings is 3. The molecule has 0 unspecified atom stereocenters. The highest BCUT2D eigenvalue weighted by molar-refractivity contribution is 6.30. The first-order valence-corrected chi connectivity index (χ1v) is 7.68. The summed E-state index contributed by atoms with van der Waals surface area (Å²) in [7, 11) is 1.66. The molecule has 0 aromatic heterocycles. The summed E-state index contributed by atoms with van der Waals surface area (Å²) in [5, 5.41) is 0.703.